The van der Waals surface area contributed by atoms with E-state index in [-0.39, 0.29) is 0 Å². The molecule has 0 aliphatic rings. The standard InChI is InChI=1S/C10H17N3S/c1-4-7(3)14-10-6-8(11)12-9(5-2)13-10/h6-7H,4-5H2,1-3H3,(H2,11,12,13). The van der Waals surface area contributed by atoms with Gasteiger partial charge in [-0.2, -0.15) is 0 Å². The van der Waals surface area contributed by atoms with Gasteiger partial charge < -0.3 is 5.73 Å². The smallest absolute Gasteiger partial charge is 0.131 e. The van der Waals surface area contributed by atoms with Crippen molar-refractivity contribution in [1.82, 2.24) is 9.97 Å². The van der Waals surface area contributed by atoms with Crippen molar-refractivity contribution in [2.24, 2.45) is 0 Å². The summed E-state index contributed by atoms with van der Waals surface area (Å²) < 4.78 is 0. The Morgan fingerprint density at radius 3 is 2.71 bits per heavy atom. The molecule has 2 N–H and O–H groups in total. The quantitative estimate of drug-likeness (QED) is 0.614. The lowest BCUT2D eigenvalue weighted by molar-refractivity contribution is 0.873. The second-order valence-corrected chi connectivity index (χ2v) is 4.70. The molecule has 0 aliphatic carbocycles. The van der Waals surface area contributed by atoms with Gasteiger partial charge in [0.2, 0.25) is 0 Å². The molecule has 0 radical (unpaired) electrons. The number of nitrogens with two attached hydrogens (primary N) is 1. The van der Waals surface area contributed by atoms with E-state index in [4.69, 9.17) is 5.73 Å². The lowest BCUT2D eigenvalue weighted by Gasteiger charge is -2.08. The van der Waals surface area contributed by atoms with Gasteiger partial charge in [0.15, 0.2) is 0 Å². The minimum Gasteiger partial charge on any atom is -0.384 e. The summed E-state index contributed by atoms with van der Waals surface area (Å²) in [7, 11) is 0. The van der Waals surface area contributed by atoms with Crippen molar-refractivity contribution < 1.29 is 0 Å². The number of hydrogen-bond donors (Lipinski definition) is 1. The molecular formula is C10H17N3S. The van der Waals surface area contributed by atoms with Crippen LogP contribution in [0.3, 0.4) is 0 Å². The van der Waals surface area contributed by atoms with Gasteiger partial charge in [-0.25, -0.2) is 9.97 Å². The van der Waals surface area contributed by atoms with Crippen molar-refractivity contribution >= 4 is 17.6 Å². The predicted molar refractivity (Wildman–Crippen MR) is 61.4 cm³/mol. The highest BCUT2D eigenvalue weighted by atomic mass is 32.2. The molecule has 1 atom stereocenters. The van der Waals surface area contributed by atoms with Crippen molar-refractivity contribution in [3.63, 3.8) is 0 Å². The van der Waals surface area contributed by atoms with Crippen LogP contribution in [0.5, 0.6) is 0 Å². The van der Waals surface area contributed by atoms with Crippen LogP contribution in [-0.2, 0) is 6.42 Å². The molecule has 0 saturated carbocycles. The molecule has 78 valence electrons. The molecule has 0 bridgehead atoms. The van der Waals surface area contributed by atoms with Gasteiger partial charge >= 0.3 is 0 Å². The molecule has 0 amide bonds. The van der Waals surface area contributed by atoms with Gasteiger partial charge in [-0.3, -0.25) is 0 Å². The predicted octanol–water partition coefficient (Wildman–Crippen LogP) is 2.51. The molecule has 1 rings (SSSR count). The lowest BCUT2D eigenvalue weighted by Crippen LogP contribution is -2.01. The zero-order valence-electron chi connectivity index (χ0n) is 8.95. The number of nitrogen functional groups attached to an aromatic ring is 1. The van der Waals surface area contributed by atoms with E-state index < -0.39 is 0 Å². The minimum absolute atomic E-state index is 0.572. The van der Waals surface area contributed by atoms with Crippen LogP contribution in [0.1, 0.15) is 33.0 Å². The number of aryl methyl sites for hydroxylation is 1. The summed E-state index contributed by atoms with van der Waals surface area (Å²) >= 11 is 1.76. The van der Waals surface area contributed by atoms with Crippen LogP contribution < -0.4 is 5.73 Å². The molecule has 0 saturated heterocycles. The Hall–Kier alpha value is -0.770. The zero-order chi connectivity index (χ0) is 10.6. The summed E-state index contributed by atoms with van der Waals surface area (Å²) in [6, 6.07) is 1.84. The van der Waals surface area contributed by atoms with Gasteiger partial charge in [0.05, 0.1) is 0 Å². The molecule has 1 heterocycles. The first kappa shape index (κ1) is 11.3. The van der Waals surface area contributed by atoms with Crippen LogP contribution in [0.15, 0.2) is 11.1 Å². The molecular weight excluding hydrogens is 194 g/mol. The Morgan fingerprint density at radius 1 is 1.43 bits per heavy atom. The first-order valence-electron chi connectivity index (χ1n) is 4.95. The van der Waals surface area contributed by atoms with Crippen LogP contribution in [-0.4, -0.2) is 15.2 Å². The number of anilines is 1. The van der Waals surface area contributed by atoms with E-state index in [1.165, 1.54) is 0 Å². The topological polar surface area (TPSA) is 51.8 Å². The highest BCUT2D eigenvalue weighted by Crippen LogP contribution is 2.24. The van der Waals surface area contributed by atoms with Crippen LogP contribution in [0.25, 0.3) is 0 Å². The van der Waals surface area contributed by atoms with Gasteiger partial charge in [-0.1, -0.05) is 20.8 Å². The fourth-order valence-corrected chi connectivity index (χ4v) is 1.93. The third-order valence-corrected chi connectivity index (χ3v) is 3.17. The molecule has 1 unspecified atom stereocenters. The van der Waals surface area contributed by atoms with Gasteiger partial charge in [-0.05, 0) is 6.42 Å². The maximum Gasteiger partial charge on any atom is 0.131 e. The molecule has 14 heavy (non-hydrogen) atoms. The summed E-state index contributed by atoms with van der Waals surface area (Å²) in [6.45, 7) is 6.39. The SMILES string of the molecule is CCc1nc(N)cc(SC(C)CC)n1. The first-order valence-corrected chi connectivity index (χ1v) is 5.83. The largest absolute Gasteiger partial charge is 0.384 e. The van der Waals surface area contributed by atoms with Crippen molar-refractivity contribution in [3.05, 3.63) is 11.9 Å². The van der Waals surface area contributed by atoms with Gasteiger partial charge in [0.1, 0.15) is 16.7 Å². The summed E-state index contributed by atoms with van der Waals surface area (Å²) in [5, 5.41) is 1.57. The van der Waals surface area contributed by atoms with E-state index in [0.717, 1.165) is 23.7 Å². The molecule has 0 spiro atoms. The molecule has 1 aromatic heterocycles. The van der Waals surface area contributed by atoms with Crippen LogP contribution in [0, 0.1) is 0 Å². The zero-order valence-corrected chi connectivity index (χ0v) is 9.77. The maximum absolute atomic E-state index is 5.69. The van der Waals surface area contributed by atoms with Gasteiger partial charge in [0, 0.05) is 17.7 Å². The Kier molecular flexibility index (Phi) is 4.20. The highest BCUT2D eigenvalue weighted by Gasteiger charge is 2.05. The third kappa shape index (κ3) is 3.18. The second kappa shape index (κ2) is 5.20. The fraction of sp³-hybridized carbons (Fsp3) is 0.600. The van der Waals surface area contributed by atoms with E-state index in [1.54, 1.807) is 11.8 Å². The van der Waals surface area contributed by atoms with E-state index in [1.807, 2.05) is 13.0 Å². The number of aromatic nitrogens is 2. The van der Waals surface area contributed by atoms with Crippen LogP contribution >= 0.6 is 11.8 Å². The normalized spacial score (nSPS) is 12.8. The van der Waals surface area contributed by atoms with Crippen molar-refractivity contribution in [2.45, 2.75) is 43.9 Å². The average molecular weight is 211 g/mol. The van der Waals surface area contributed by atoms with E-state index in [9.17, 15) is 0 Å². The summed E-state index contributed by atoms with van der Waals surface area (Å²) in [5.74, 6) is 1.40. The number of rotatable bonds is 4. The van der Waals surface area contributed by atoms with Crippen molar-refractivity contribution in [2.75, 3.05) is 5.73 Å². The molecule has 0 aliphatic heterocycles. The van der Waals surface area contributed by atoms with E-state index in [0.29, 0.717) is 11.1 Å². The van der Waals surface area contributed by atoms with E-state index >= 15 is 0 Å². The second-order valence-electron chi connectivity index (χ2n) is 3.24. The summed E-state index contributed by atoms with van der Waals surface area (Å²) in [5.41, 5.74) is 5.69. The Bertz CT molecular complexity index is 301. The number of hydrogen-bond acceptors (Lipinski definition) is 4. The number of thioether (sulfide) groups is 1. The molecule has 1 aromatic rings. The number of nitrogens with zero attached hydrogens (tertiary/aromatic N) is 2. The average Bonchev–Trinajstić information content (AvgIpc) is 2.16. The first-order chi connectivity index (χ1) is 6.65. The molecule has 0 aromatic carbocycles. The Balaban J connectivity index is 2.81. The monoisotopic (exact) mass is 211 g/mol. The molecule has 3 nitrogen and oxygen atoms in total. The summed E-state index contributed by atoms with van der Waals surface area (Å²) in [6.07, 6.45) is 1.97. The maximum atomic E-state index is 5.69. The fourth-order valence-electron chi connectivity index (χ4n) is 1.00. The summed E-state index contributed by atoms with van der Waals surface area (Å²) in [4.78, 5) is 8.55. The Morgan fingerprint density at radius 2 is 2.14 bits per heavy atom. The highest BCUT2D eigenvalue weighted by molar-refractivity contribution is 7.99. The third-order valence-electron chi connectivity index (χ3n) is 1.98. The molecule has 4 heteroatoms. The minimum atomic E-state index is 0.572. The molecule has 0 fully saturated rings. The Labute approximate surface area is 89.5 Å². The van der Waals surface area contributed by atoms with E-state index in [2.05, 4.69) is 23.8 Å². The van der Waals surface area contributed by atoms with Gasteiger partial charge in [-0.15, -0.1) is 11.8 Å². The van der Waals surface area contributed by atoms with Gasteiger partial charge in [0.25, 0.3) is 0 Å². The van der Waals surface area contributed by atoms with Crippen LogP contribution in [0.2, 0.25) is 0 Å². The van der Waals surface area contributed by atoms with Crippen LogP contribution in [0.4, 0.5) is 5.82 Å². The van der Waals surface area contributed by atoms with Crippen molar-refractivity contribution in [1.29, 1.82) is 0 Å². The van der Waals surface area contributed by atoms with Crippen molar-refractivity contribution in [3.8, 4) is 0 Å². The lowest BCUT2D eigenvalue weighted by atomic mass is 10.4.